The average molecular weight is 212 g/mol. The van der Waals surface area contributed by atoms with Crippen LogP contribution in [0.25, 0.3) is 0 Å². The van der Waals surface area contributed by atoms with Crippen LogP contribution < -0.4 is 5.16 Å². The standard InChI is InChI=1S/C11H14ClNO/c1-11(2,3)10(13-14)8-4-6-9(12)7-5-8/h4-7,13H,1-3H3. The molecule has 0 radical (unpaired) electrons. The average Bonchev–Trinajstić information content (AvgIpc) is 2.07. The van der Waals surface area contributed by atoms with Crippen LogP contribution in [-0.2, 0) is 0 Å². The molecule has 14 heavy (non-hydrogen) atoms. The molecule has 1 aromatic carbocycles. The van der Waals surface area contributed by atoms with E-state index >= 15 is 0 Å². The van der Waals surface area contributed by atoms with E-state index in [9.17, 15) is 5.21 Å². The Hall–Kier alpha value is -1.02. The van der Waals surface area contributed by atoms with Crippen molar-refractivity contribution in [1.29, 1.82) is 0 Å². The number of nitrogens with one attached hydrogen (secondary N) is 1. The van der Waals surface area contributed by atoms with E-state index in [-0.39, 0.29) is 5.41 Å². The SMILES string of the molecule is CC(C)(C)C(=[NH+][O-])c1ccc(Cl)cc1. The Morgan fingerprint density at radius 2 is 1.71 bits per heavy atom. The second kappa shape index (κ2) is 4.01. The van der Waals surface area contributed by atoms with Crippen LogP contribution >= 0.6 is 11.6 Å². The Balaban J connectivity index is 3.10. The Bertz CT molecular complexity index is 335. The molecule has 0 aliphatic heterocycles. The third-order valence-electron chi connectivity index (χ3n) is 1.98. The molecule has 1 N–H and O–H groups in total. The molecule has 3 heteroatoms. The van der Waals surface area contributed by atoms with Crippen molar-refractivity contribution < 1.29 is 5.16 Å². The number of benzene rings is 1. The summed E-state index contributed by atoms with van der Waals surface area (Å²) in [5, 5.41) is 13.5. The Labute approximate surface area is 89.2 Å². The molecule has 0 spiro atoms. The van der Waals surface area contributed by atoms with Gasteiger partial charge < -0.3 is 5.21 Å². The largest absolute Gasteiger partial charge is 0.625 e. The van der Waals surface area contributed by atoms with Crippen LogP contribution in [0.4, 0.5) is 0 Å². The van der Waals surface area contributed by atoms with Crippen molar-refractivity contribution in [2.45, 2.75) is 20.8 Å². The Kier molecular flexibility index (Phi) is 3.17. The fourth-order valence-corrected chi connectivity index (χ4v) is 1.39. The van der Waals surface area contributed by atoms with Crippen molar-refractivity contribution in [3.8, 4) is 0 Å². The van der Waals surface area contributed by atoms with Crippen LogP contribution in [0.15, 0.2) is 24.3 Å². The summed E-state index contributed by atoms with van der Waals surface area (Å²) in [7, 11) is 0. The number of rotatable bonds is 1. The van der Waals surface area contributed by atoms with Crippen molar-refractivity contribution in [2.75, 3.05) is 0 Å². The maximum Gasteiger partial charge on any atom is 0.197 e. The summed E-state index contributed by atoms with van der Waals surface area (Å²) in [5.41, 5.74) is 1.38. The van der Waals surface area contributed by atoms with Crippen molar-refractivity contribution >= 4 is 17.3 Å². The van der Waals surface area contributed by atoms with E-state index in [1.807, 2.05) is 38.1 Å². The van der Waals surface area contributed by atoms with Gasteiger partial charge in [-0.05, 0) is 24.3 Å². The zero-order chi connectivity index (χ0) is 10.8. The molecule has 76 valence electrons. The van der Waals surface area contributed by atoms with Crippen LogP contribution in [0.5, 0.6) is 0 Å². The maximum absolute atomic E-state index is 10.8. The highest BCUT2D eigenvalue weighted by Gasteiger charge is 2.25. The molecule has 0 unspecified atom stereocenters. The van der Waals surface area contributed by atoms with Gasteiger partial charge in [-0.25, -0.2) is 5.16 Å². The molecule has 0 amide bonds. The summed E-state index contributed by atoms with van der Waals surface area (Å²) >= 11 is 5.77. The first-order valence-electron chi connectivity index (χ1n) is 4.46. The van der Waals surface area contributed by atoms with Gasteiger partial charge >= 0.3 is 0 Å². The molecule has 0 aliphatic rings. The molecule has 2 nitrogen and oxygen atoms in total. The fraction of sp³-hybridized carbons (Fsp3) is 0.364. The normalized spacial score (nSPS) is 13.0. The molecule has 1 aromatic rings. The molecule has 0 saturated carbocycles. The topological polar surface area (TPSA) is 37.0 Å². The second-order valence-electron chi connectivity index (χ2n) is 4.23. The minimum absolute atomic E-state index is 0.185. The molecule has 0 fully saturated rings. The third-order valence-corrected chi connectivity index (χ3v) is 2.24. The minimum Gasteiger partial charge on any atom is -0.625 e. The van der Waals surface area contributed by atoms with Gasteiger partial charge in [-0.1, -0.05) is 32.4 Å². The predicted octanol–water partition coefficient (Wildman–Crippen LogP) is 1.75. The third kappa shape index (κ3) is 2.48. The molecule has 1 rings (SSSR count). The quantitative estimate of drug-likeness (QED) is 0.429. The van der Waals surface area contributed by atoms with Crippen LogP contribution in [-0.4, -0.2) is 5.71 Å². The summed E-state index contributed by atoms with van der Waals surface area (Å²) in [6.45, 7) is 5.96. The zero-order valence-electron chi connectivity index (χ0n) is 8.60. The van der Waals surface area contributed by atoms with Crippen molar-refractivity contribution in [2.24, 2.45) is 5.41 Å². The van der Waals surface area contributed by atoms with Crippen molar-refractivity contribution in [3.05, 3.63) is 40.1 Å². The molecule has 0 heterocycles. The monoisotopic (exact) mass is 211 g/mol. The number of hydrogen-bond donors (Lipinski definition) is 1. The van der Waals surface area contributed by atoms with Gasteiger partial charge in [-0.2, -0.15) is 0 Å². The first kappa shape index (κ1) is 11.1. The van der Waals surface area contributed by atoms with Crippen molar-refractivity contribution in [3.63, 3.8) is 0 Å². The lowest BCUT2D eigenvalue weighted by Crippen LogP contribution is -2.69. The van der Waals surface area contributed by atoms with E-state index in [1.54, 1.807) is 12.1 Å². The first-order chi connectivity index (χ1) is 6.45. The van der Waals surface area contributed by atoms with Gasteiger partial charge in [0, 0.05) is 16.0 Å². The van der Waals surface area contributed by atoms with Gasteiger partial charge in [0.2, 0.25) is 0 Å². The minimum atomic E-state index is -0.185. The van der Waals surface area contributed by atoms with Gasteiger partial charge in [0.1, 0.15) is 0 Å². The first-order valence-corrected chi connectivity index (χ1v) is 4.84. The maximum atomic E-state index is 10.8. The number of hydrogen-bond acceptors (Lipinski definition) is 1. The summed E-state index contributed by atoms with van der Waals surface area (Å²) < 4.78 is 0. The lowest BCUT2D eigenvalue weighted by Gasteiger charge is -2.16. The van der Waals surface area contributed by atoms with E-state index in [1.165, 1.54) is 0 Å². The zero-order valence-corrected chi connectivity index (χ0v) is 9.35. The van der Waals surface area contributed by atoms with E-state index in [0.717, 1.165) is 5.56 Å². The highest BCUT2D eigenvalue weighted by Crippen LogP contribution is 2.20. The van der Waals surface area contributed by atoms with E-state index < -0.39 is 0 Å². The lowest BCUT2D eigenvalue weighted by molar-refractivity contribution is -0.377. The highest BCUT2D eigenvalue weighted by atomic mass is 35.5. The molecule has 0 atom stereocenters. The van der Waals surface area contributed by atoms with Crippen molar-refractivity contribution in [1.82, 2.24) is 0 Å². The lowest BCUT2D eigenvalue weighted by atomic mass is 9.86. The number of halogens is 1. The van der Waals surface area contributed by atoms with E-state index in [2.05, 4.69) is 0 Å². The van der Waals surface area contributed by atoms with Gasteiger partial charge in [0.25, 0.3) is 0 Å². The molecule has 0 aromatic heterocycles. The van der Waals surface area contributed by atoms with Gasteiger partial charge in [0.05, 0.1) is 0 Å². The molecular weight excluding hydrogens is 198 g/mol. The van der Waals surface area contributed by atoms with E-state index in [4.69, 9.17) is 11.6 Å². The Morgan fingerprint density at radius 3 is 2.07 bits per heavy atom. The second-order valence-corrected chi connectivity index (χ2v) is 4.67. The molecular formula is C11H14ClNO. The highest BCUT2D eigenvalue weighted by molar-refractivity contribution is 6.30. The molecule has 0 bridgehead atoms. The fourth-order valence-electron chi connectivity index (χ4n) is 1.26. The smallest absolute Gasteiger partial charge is 0.197 e. The van der Waals surface area contributed by atoms with Gasteiger partial charge in [-0.3, -0.25) is 0 Å². The van der Waals surface area contributed by atoms with Crippen LogP contribution in [0.2, 0.25) is 5.02 Å². The van der Waals surface area contributed by atoms with Crippen LogP contribution in [0.1, 0.15) is 26.3 Å². The van der Waals surface area contributed by atoms with E-state index in [0.29, 0.717) is 10.7 Å². The molecule has 0 saturated heterocycles. The van der Waals surface area contributed by atoms with Crippen LogP contribution in [0, 0.1) is 10.6 Å². The summed E-state index contributed by atoms with van der Waals surface area (Å²) in [6.07, 6.45) is 0. The predicted molar refractivity (Wildman–Crippen MR) is 59.3 cm³/mol. The summed E-state index contributed by atoms with van der Waals surface area (Å²) in [5.74, 6) is 0. The Morgan fingerprint density at radius 1 is 1.21 bits per heavy atom. The molecule has 0 aliphatic carbocycles. The van der Waals surface area contributed by atoms with Crippen LogP contribution in [0.3, 0.4) is 0 Å². The summed E-state index contributed by atoms with van der Waals surface area (Å²) in [6, 6.07) is 7.24. The van der Waals surface area contributed by atoms with Gasteiger partial charge in [0.15, 0.2) is 5.71 Å². The summed E-state index contributed by atoms with van der Waals surface area (Å²) in [4.78, 5) is 0. The van der Waals surface area contributed by atoms with Gasteiger partial charge in [-0.15, -0.1) is 0 Å².